The van der Waals surface area contributed by atoms with Gasteiger partial charge >= 0.3 is 0 Å². The van der Waals surface area contributed by atoms with Crippen LogP contribution in [0.2, 0.25) is 0 Å². The topological polar surface area (TPSA) is 193 Å². The maximum atomic E-state index is 12.4. The summed E-state index contributed by atoms with van der Waals surface area (Å²) >= 11 is 0. The van der Waals surface area contributed by atoms with E-state index in [1.54, 1.807) is 13.8 Å². The van der Waals surface area contributed by atoms with E-state index in [0.717, 1.165) is 12.8 Å². The summed E-state index contributed by atoms with van der Waals surface area (Å²) in [6.45, 7) is 3.98. The molecule has 0 radical (unpaired) electrons. The zero-order chi connectivity index (χ0) is 21.5. The second kappa shape index (κ2) is 14.3. The molecule has 0 aliphatic carbocycles. The van der Waals surface area contributed by atoms with Crippen LogP contribution in [0.4, 0.5) is 0 Å². The van der Waals surface area contributed by atoms with Gasteiger partial charge in [0.25, 0.3) is 0 Å². The first-order valence-electron chi connectivity index (χ1n) is 9.32. The van der Waals surface area contributed by atoms with E-state index in [0.29, 0.717) is 19.5 Å². The third kappa shape index (κ3) is 11.7. The molecule has 0 rings (SSSR count). The predicted octanol–water partition coefficient (Wildman–Crippen LogP) is 0.339. The Labute approximate surface area is 164 Å². The smallest absolute Gasteiger partial charge is 0.225 e. The maximum absolute atomic E-state index is 12.4. The van der Waals surface area contributed by atoms with Crippen LogP contribution in [-0.2, 0) is 19.2 Å². The van der Waals surface area contributed by atoms with Crippen molar-refractivity contribution in [3.05, 3.63) is 10.4 Å². The molecule has 0 fully saturated rings. The molecule has 0 aliphatic heterocycles. The average Bonchev–Trinajstić information content (AvgIpc) is 2.64. The van der Waals surface area contributed by atoms with Gasteiger partial charge in [-0.3, -0.25) is 19.2 Å². The van der Waals surface area contributed by atoms with E-state index in [-0.39, 0.29) is 31.2 Å². The molecule has 0 aromatic rings. The fourth-order valence-corrected chi connectivity index (χ4v) is 2.56. The number of primary amides is 2. The van der Waals surface area contributed by atoms with Crippen molar-refractivity contribution in [1.82, 2.24) is 10.6 Å². The SMILES string of the molecule is CC(CC(CC(C)C(N)=O)C(=O)NCCCCCNC(=O)CN=[N+]=[N-])C(N)=O. The number of amides is 4. The number of carbonyl (C=O) groups excluding carboxylic acids is 4. The van der Waals surface area contributed by atoms with Crippen LogP contribution in [0.15, 0.2) is 5.11 Å². The zero-order valence-electron chi connectivity index (χ0n) is 16.5. The molecule has 11 nitrogen and oxygen atoms in total. The molecule has 0 aromatic heterocycles. The van der Waals surface area contributed by atoms with Crippen molar-refractivity contribution >= 4 is 23.6 Å². The van der Waals surface area contributed by atoms with Gasteiger partial charge < -0.3 is 22.1 Å². The van der Waals surface area contributed by atoms with Crippen molar-refractivity contribution < 1.29 is 19.2 Å². The predicted molar refractivity (Wildman–Crippen MR) is 103 cm³/mol. The lowest BCUT2D eigenvalue weighted by Gasteiger charge is -2.21. The Kier molecular flexibility index (Phi) is 12.8. The van der Waals surface area contributed by atoms with E-state index >= 15 is 0 Å². The number of nitrogens with one attached hydrogen (secondary N) is 2. The summed E-state index contributed by atoms with van der Waals surface area (Å²) in [5.41, 5.74) is 18.7. The highest BCUT2D eigenvalue weighted by atomic mass is 16.2. The Morgan fingerprint density at radius 2 is 1.43 bits per heavy atom. The minimum Gasteiger partial charge on any atom is -0.369 e. The van der Waals surface area contributed by atoms with Crippen LogP contribution >= 0.6 is 0 Å². The maximum Gasteiger partial charge on any atom is 0.225 e. The Balaban J connectivity index is 4.25. The van der Waals surface area contributed by atoms with Gasteiger partial charge in [0, 0.05) is 35.8 Å². The summed E-state index contributed by atoms with van der Waals surface area (Å²) in [6.07, 6.45) is 2.73. The monoisotopic (exact) mass is 397 g/mol. The number of azide groups is 1. The van der Waals surface area contributed by atoms with Crippen LogP contribution in [0.25, 0.3) is 10.4 Å². The highest BCUT2D eigenvalue weighted by Crippen LogP contribution is 2.20. The molecule has 2 atom stereocenters. The molecule has 0 spiro atoms. The van der Waals surface area contributed by atoms with Gasteiger partial charge in [0.2, 0.25) is 23.6 Å². The third-order valence-corrected chi connectivity index (χ3v) is 4.37. The van der Waals surface area contributed by atoms with Crippen LogP contribution in [-0.4, -0.2) is 43.3 Å². The van der Waals surface area contributed by atoms with Gasteiger partial charge in [0.05, 0.1) is 0 Å². The number of nitrogens with zero attached hydrogens (tertiary/aromatic N) is 3. The molecule has 6 N–H and O–H groups in total. The molecule has 0 aromatic carbocycles. The van der Waals surface area contributed by atoms with Gasteiger partial charge in [-0.15, -0.1) is 0 Å². The van der Waals surface area contributed by atoms with E-state index in [4.69, 9.17) is 17.0 Å². The van der Waals surface area contributed by atoms with Crippen molar-refractivity contribution in [3.8, 4) is 0 Å². The van der Waals surface area contributed by atoms with Gasteiger partial charge in [-0.2, -0.15) is 0 Å². The molecule has 0 saturated heterocycles. The lowest BCUT2D eigenvalue weighted by Crippen LogP contribution is -2.36. The minimum absolute atomic E-state index is 0.221. The summed E-state index contributed by atoms with van der Waals surface area (Å²) in [7, 11) is 0. The number of unbranched alkanes of at least 4 members (excludes halogenated alkanes) is 2. The van der Waals surface area contributed by atoms with Crippen molar-refractivity contribution in [2.24, 2.45) is 34.3 Å². The highest BCUT2D eigenvalue weighted by molar-refractivity contribution is 5.82. The molecule has 11 heteroatoms. The van der Waals surface area contributed by atoms with E-state index in [1.807, 2.05) is 0 Å². The van der Waals surface area contributed by atoms with Gasteiger partial charge in [0.1, 0.15) is 6.54 Å². The average molecular weight is 397 g/mol. The van der Waals surface area contributed by atoms with Crippen molar-refractivity contribution in [3.63, 3.8) is 0 Å². The van der Waals surface area contributed by atoms with Crippen LogP contribution in [0.1, 0.15) is 46.0 Å². The lowest BCUT2D eigenvalue weighted by atomic mass is 9.87. The van der Waals surface area contributed by atoms with Gasteiger partial charge in [-0.05, 0) is 37.6 Å². The van der Waals surface area contributed by atoms with Gasteiger partial charge in [-0.1, -0.05) is 19.0 Å². The molecule has 28 heavy (non-hydrogen) atoms. The van der Waals surface area contributed by atoms with Crippen LogP contribution in [0, 0.1) is 17.8 Å². The Hall–Kier alpha value is -2.81. The summed E-state index contributed by atoms with van der Waals surface area (Å²) in [4.78, 5) is 48.7. The standard InChI is InChI=1S/C17H31N7O4/c1-11(15(18)26)8-13(9-12(2)16(19)27)17(28)22-7-5-3-4-6-21-14(25)10-23-24-20/h11-13H,3-10H2,1-2H3,(H2,18,26)(H2,19,27)(H,21,25)(H,22,28). The molecule has 0 saturated carbocycles. The minimum atomic E-state index is -0.523. The number of hydrogen-bond donors (Lipinski definition) is 4. The van der Waals surface area contributed by atoms with E-state index in [9.17, 15) is 19.2 Å². The third-order valence-electron chi connectivity index (χ3n) is 4.37. The van der Waals surface area contributed by atoms with Crippen LogP contribution < -0.4 is 22.1 Å². The molecule has 0 heterocycles. The first kappa shape index (κ1) is 25.2. The molecule has 0 bridgehead atoms. The normalized spacial score (nSPS) is 13.5. The summed E-state index contributed by atoms with van der Waals surface area (Å²) in [6, 6.07) is 0. The molecule has 4 amide bonds. The second-order valence-corrected chi connectivity index (χ2v) is 6.87. The fraction of sp³-hybridized carbons (Fsp3) is 0.765. The Morgan fingerprint density at radius 1 is 0.929 bits per heavy atom. The van der Waals surface area contributed by atoms with Gasteiger partial charge in [-0.25, -0.2) is 0 Å². The van der Waals surface area contributed by atoms with E-state index in [1.165, 1.54) is 0 Å². The van der Waals surface area contributed by atoms with Crippen LogP contribution in [0.3, 0.4) is 0 Å². The lowest BCUT2D eigenvalue weighted by molar-refractivity contribution is -0.128. The first-order valence-corrected chi connectivity index (χ1v) is 9.32. The molecule has 158 valence electrons. The van der Waals surface area contributed by atoms with Gasteiger partial charge in [0.15, 0.2) is 0 Å². The van der Waals surface area contributed by atoms with Crippen LogP contribution in [0.5, 0.6) is 0 Å². The first-order chi connectivity index (χ1) is 13.2. The number of hydrogen-bond acceptors (Lipinski definition) is 5. The summed E-state index contributed by atoms with van der Waals surface area (Å²) in [5.74, 6) is -3.04. The molecule has 2 unspecified atom stereocenters. The van der Waals surface area contributed by atoms with E-state index in [2.05, 4.69) is 20.7 Å². The Bertz CT molecular complexity index is 568. The van der Waals surface area contributed by atoms with Crippen molar-refractivity contribution in [2.45, 2.75) is 46.0 Å². The number of rotatable bonds is 15. The van der Waals surface area contributed by atoms with Crippen molar-refractivity contribution in [2.75, 3.05) is 19.6 Å². The van der Waals surface area contributed by atoms with E-state index < -0.39 is 29.6 Å². The molecular weight excluding hydrogens is 366 g/mol. The Morgan fingerprint density at radius 3 is 1.89 bits per heavy atom. The zero-order valence-corrected chi connectivity index (χ0v) is 16.5. The summed E-state index contributed by atoms with van der Waals surface area (Å²) in [5, 5.41) is 8.60. The number of carbonyl (C=O) groups is 4. The fourth-order valence-electron chi connectivity index (χ4n) is 2.56. The molecular formula is C17H31N7O4. The largest absolute Gasteiger partial charge is 0.369 e. The number of nitrogens with two attached hydrogens (primary N) is 2. The highest BCUT2D eigenvalue weighted by Gasteiger charge is 2.26. The van der Waals surface area contributed by atoms with Crippen molar-refractivity contribution in [1.29, 1.82) is 0 Å². The molecule has 0 aliphatic rings. The second-order valence-electron chi connectivity index (χ2n) is 6.87. The summed E-state index contributed by atoms with van der Waals surface area (Å²) < 4.78 is 0. The quantitative estimate of drug-likeness (QED) is 0.134.